The van der Waals surface area contributed by atoms with Crippen LogP contribution in [0.15, 0.2) is 40.9 Å². The topological polar surface area (TPSA) is 47.3 Å². The Labute approximate surface area is 144 Å². The van der Waals surface area contributed by atoms with Crippen molar-refractivity contribution >= 4 is 38.9 Å². The smallest absolute Gasteiger partial charge is 0.406 e. The van der Waals surface area contributed by atoms with Gasteiger partial charge in [0, 0.05) is 10.5 Å². The van der Waals surface area contributed by atoms with E-state index in [1.54, 1.807) is 24.3 Å². The lowest BCUT2D eigenvalue weighted by Gasteiger charge is -2.19. The summed E-state index contributed by atoms with van der Waals surface area (Å²) in [6.07, 6.45) is -4.70. The number of alkyl halides is 3. The van der Waals surface area contributed by atoms with E-state index in [1.807, 2.05) is 6.92 Å². The van der Waals surface area contributed by atoms with Gasteiger partial charge in [-0.2, -0.15) is 0 Å². The van der Waals surface area contributed by atoms with Crippen molar-refractivity contribution < 1.29 is 17.9 Å². The van der Waals surface area contributed by atoms with Crippen molar-refractivity contribution in [2.75, 3.05) is 11.1 Å². The van der Waals surface area contributed by atoms with Gasteiger partial charge in [0.15, 0.2) is 0 Å². The first-order chi connectivity index (χ1) is 10.7. The van der Waals surface area contributed by atoms with Crippen molar-refractivity contribution in [2.45, 2.75) is 19.3 Å². The molecule has 0 heterocycles. The summed E-state index contributed by atoms with van der Waals surface area (Å²) in [5, 5.41) is 3.60. The van der Waals surface area contributed by atoms with Gasteiger partial charge in [-0.3, -0.25) is 0 Å². The fourth-order valence-corrected chi connectivity index (χ4v) is 2.59. The number of hydrogen-bond donors (Lipinski definition) is 2. The summed E-state index contributed by atoms with van der Waals surface area (Å²) in [6.45, 7) is 1.85. The third-order valence-corrected chi connectivity index (χ3v) is 4.11. The molecule has 23 heavy (non-hydrogen) atoms. The highest BCUT2D eigenvalue weighted by Crippen LogP contribution is 2.36. The Bertz CT molecular complexity index is 692. The molecule has 0 aliphatic carbocycles. The molecule has 0 fully saturated rings. The Morgan fingerprint density at radius 1 is 1.17 bits per heavy atom. The molecule has 0 bridgehead atoms. The van der Waals surface area contributed by atoms with Crippen molar-refractivity contribution in [3.63, 3.8) is 0 Å². The molecule has 0 aliphatic rings. The van der Waals surface area contributed by atoms with Crippen LogP contribution in [0.25, 0.3) is 0 Å². The first-order valence-electron chi connectivity index (χ1n) is 6.53. The number of ether oxygens (including phenoxy) is 1. The minimum Gasteiger partial charge on any atom is -0.406 e. The van der Waals surface area contributed by atoms with Crippen LogP contribution >= 0.6 is 27.5 Å². The highest BCUT2D eigenvalue weighted by atomic mass is 79.9. The van der Waals surface area contributed by atoms with Gasteiger partial charge in [-0.15, -0.1) is 13.2 Å². The fourth-order valence-electron chi connectivity index (χ4n) is 1.97. The number of nitrogens with two attached hydrogens (primary N) is 1. The van der Waals surface area contributed by atoms with Gasteiger partial charge < -0.3 is 15.8 Å². The second-order valence-electron chi connectivity index (χ2n) is 4.80. The van der Waals surface area contributed by atoms with Crippen LogP contribution in [-0.4, -0.2) is 6.36 Å². The molecule has 8 heteroatoms. The Kier molecular flexibility index (Phi) is 5.31. The molecule has 0 amide bonds. The molecule has 1 unspecified atom stereocenters. The maximum absolute atomic E-state index is 12.1. The molecule has 3 N–H and O–H groups in total. The Hall–Kier alpha value is -1.60. The van der Waals surface area contributed by atoms with Crippen LogP contribution in [0.2, 0.25) is 5.02 Å². The number of rotatable bonds is 4. The summed E-state index contributed by atoms with van der Waals surface area (Å²) in [7, 11) is 0. The van der Waals surface area contributed by atoms with Crippen molar-refractivity contribution in [1.29, 1.82) is 0 Å². The van der Waals surface area contributed by atoms with E-state index in [0.717, 1.165) is 10.0 Å². The molecule has 0 saturated heterocycles. The number of hydrogen-bond acceptors (Lipinski definition) is 3. The molecule has 0 radical (unpaired) electrons. The summed E-state index contributed by atoms with van der Waals surface area (Å²) in [5.41, 5.74) is 7.72. The van der Waals surface area contributed by atoms with Crippen LogP contribution in [0, 0.1) is 0 Å². The van der Waals surface area contributed by atoms with Crippen molar-refractivity contribution in [3.05, 3.63) is 51.5 Å². The fraction of sp³-hybridized carbons (Fsp3) is 0.200. The van der Waals surface area contributed by atoms with E-state index >= 15 is 0 Å². The molecular formula is C15H13BrClF3N2O. The molecule has 124 valence electrons. The normalized spacial score (nSPS) is 12.8. The second-order valence-corrected chi connectivity index (χ2v) is 6.06. The molecule has 3 nitrogen and oxygen atoms in total. The van der Waals surface area contributed by atoms with Gasteiger partial charge in [0.2, 0.25) is 0 Å². The average molecular weight is 410 g/mol. The summed E-state index contributed by atoms with van der Waals surface area (Å²) < 4.78 is 41.0. The van der Waals surface area contributed by atoms with E-state index in [0.29, 0.717) is 16.4 Å². The summed E-state index contributed by atoms with van der Waals surface area (Å²) in [4.78, 5) is 0. The Morgan fingerprint density at radius 3 is 2.35 bits per heavy atom. The van der Waals surface area contributed by atoms with Gasteiger partial charge in [-0.25, -0.2) is 0 Å². The zero-order chi connectivity index (χ0) is 17.2. The van der Waals surface area contributed by atoms with Crippen LogP contribution in [0.4, 0.5) is 24.5 Å². The van der Waals surface area contributed by atoms with E-state index < -0.39 is 6.36 Å². The molecule has 2 aromatic rings. The second kappa shape index (κ2) is 6.88. The monoisotopic (exact) mass is 408 g/mol. The van der Waals surface area contributed by atoms with Gasteiger partial charge in [0.25, 0.3) is 0 Å². The third-order valence-electron chi connectivity index (χ3n) is 3.12. The molecular weight excluding hydrogens is 397 g/mol. The number of benzene rings is 2. The highest BCUT2D eigenvalue weighted by molar-refractivity contribution is 9.10. The van der Waals surface area contributed by atoms with Crippen molar-refractivity contribution in [2.24, 2.45) is 0 Å². The van der Waals surface area contributed by atoms with Gasteiger partial charge in [-0.1, -0.05) is 23.7 Å². The first kappa shape index (κ1) is 17.7. The van der Waals surface area contributed by atoms with Crippen LogP contribution < -0.4 is 15.8 Å². The van der Waals surface area contributed by atoms with Crippen molar-refractivity contribution in [1.82, 2.24) is 0 Å². The average Bonchev–Trinajstić information content (AvgIpc) is 2.46. The van der Waals surface area contributed by atoms with E-state index in [2.05, 4.69) is 26.0 Å². The first-order valence-corrected chi connectivity index (χ1v) is 7.70. The van der Waals surface area contributed by atoms with E-state index in [-0.39, 0.29) is 11.8 Å². The molecule has 0 saturated carbocycles. The van der Waals surface area contributed by atoms with Crippen LogP contribution in [0.5, 0.6) is 5.75 Å². The predicted molar refractivity (Wildman–Crippen MR) is 88.7 cm³/mol. The molecule has 2 aromatic carbocycles. The summed E-state index contributed by atoms with van der Waals surface area (Å²) in [6, 6.07) is 8.84. The minimum absolute atomic E-state index is 0.202. The lowest BCUT2D eigenvalue weighted by molar-refractivity contribution is -0.274. The molecule has 2 rings (SSSR count). The molecule has 0 aromatic heterocycles. The highest BCUT2D eigenvalue weighted by Gasteiger charge is 2.31. The van der Waals surface area contributed by atoms with E-state index in [1.165, 1.54) is 12.1 Å². The number of anilines is 2. The third kappa shape index (κ3) is 4.68. The molecule has 0 spiro atoms. The minimum atomic E-state index is -4.70. The number of nitrogen functional groups attached to an aromatic ring is 1. The Balaban J connectivity index is 2.15. The SMILES string of the molecule is CC(Nc1c(Br)ccc(Cl)c1N)c1ccc(OC(F)(F)F)cc1. The van der Waals surface area contributed by atoms with E-state index in [4.69, 9.17) is 17.3 Å². The zero-order valence-corrected chi connectivity index (χ0v) is 14.3. The van der Waals surface area contributed by atoms with Crippen molar-refractivity contribution in [3.8, 4) is 5.75 Å². The maximum atomic E-state index is 12.1. The quantitative estimate of drug-likeness (QED) is 0.632. The van der Waals surface area contributed by atoms with Crippen LogP contribution in [0.3, 0.4) is 0 Å². The zero-order valence-electron chi connectivity index (χ0n) is 11.9. The largest absolute Gasteiger partial charge is 0.573 e. The van der Waals surface area contributed by atoms with Gasteiger partial charge in [0.05, 0.1) is 16.4 Å². The summed E-state index contributed by atoms with van der Waals surface area (Å²) >= 11 is 9.37. The standard InChI is InChI=1S/C15H13BrClF3N2O/c1-8(22-14-11(16)6-7-12(17)13(14)21)9-2-4-10(5-3-9)23-15(18,19)20/h2-8,22H,21H2,1H3. The lowest BCUT2D eigenvalue weighted by Crippen LogP contribution is -2.17. The van der Waals surface area contributed by atoms with Crippen LogP contribution in [-0.2, 0) is 0 Å². The summed E-state index contributed by atoms with van der Waals surface area (Å²) in [5.74, 6) is -0.267. The van der Waals surface area contributed by atoms with Crippen LogP contribution in [0.1, 0.15) is 18.5 Å². The van der Waals surface area contributed by atoms with Gasteiger partial charge in [-0.05, 0) is 52.7 Å². The maximum Gasteiger partial charge on any atom is 0.573 e. The molecule has 0 aliphatic heterocycles. The number of halogens is 5. The molecule has 1 atom stereocenters. The Morgan fingerprint density at radius 2 is 1.78 bits per heavy atom. The lowest BCUT2D eigenvalue weighted by atomic mass is 10.1. The van der Waals surface area contributed by atoms with E-state index in [9.17, 15) is 13.2 Å². The predicted octanol–water partition coefficient (Wildman–Crippen LogP) is 5.76. The van der Waals surface area contributed by atoms with Gasteiger partial charge >= 0.3 is 6.36 Å². The van der Waals surface area contributed by atoms with Gasteiger partial charge in [0.1, 0.15) is 5.75 Å². The number of nitrogens with one attached hydrogen (secondary N) is 1.